The number of methoxy groups -OCH3 is 2. The number of benzene rings is 2. The second-order valence-corrected chi connectivity index (χ2v) is 9.15. The van der Waals surface area contributed by atoms with E-state index in [9.17, 15) is 9.59 Å². The van der Waals surface area contributed by atoms with Crippen LogP contribution < -0.4 is 9.47 Å². The Balaban J connectivity index is 1.69. The number of piperidine rings is 1. The van der Waals surface area contributed by atoms with Gasteiger partial charge in [-0.3, -0.25) is 4.79 Å². The number of rotatable bonds is 11. The van der Waals surface area contributed by atoms with Crippen molar-refractivity contribution in [3.05, 3.63) is 59.7 Å². The van der Waals surface area contributed by atoms with E-state index in [4.69, 9.17) is 18.9 Å². The monoisotopic (exact) mass is 498 g/mol. The van der Waals surface area contributed by atoms with E-state index < -0.39 is 0 Å². The predicted molar refractivity (Wildman–Crippen MR) is 138 cm³/mol. The third-order valence-electron chi connectivity index (χ3n) is 6.21. The van der Waals surface area contributed by atoms with E-state index >= 15 is 0 Å². The predicted octanol–water partition coefficient (Wildman–Crippen LogP) is 4.76. The topological polar surface area (TPSA) is 77.5 Å². The molecule has 1 aliphatic rings. The van der Waals surface area contributed by atoms with E-state index in [1.807, 2.05) is 49.1 Å². The Morgan fingerprint density at radius 3 is 2.53 bits per heavy atom. The highest BCUT2D eigenvalue weighted by molar-refractivity contribution is 5.95. The molecule has 1 aliphatic heterocycles. The van der Waals surface area contributed by atoms with Gasteiger partial charge >= 0.3 is 6.09 Å². The fourth-order valence-electron chi connectivity index (χ4n) is 4.44. The molecule has 0 spiro atoms. The van der Waals surface area contributed by atoms with Gasteiger partial charge in [-0.2, -0.15) is 0 Å². The van der Waals surface area contributed by atoms with Crippen molar-refractivity contribution in [3.63, 3.8) is 0 Å². The minimum atomic E-state index is -0.351. The van der Waals surface area contributed by atoms with E-state index in [2.05, 4.69) is 0 Å². The van der Waals surface area contributed by atoms with Crippen LogP contribution in [0.3, 0.4) is 0 Å². The molecule has 0 radical (unpaired) electrons. The average molecular weight is 499 g/mol. The third-order valence-corrected chi connectivity index (χ3v) is 6.21. The zero-order valence-corrected chi connectivity index (χ0v) is 21.8. The third kappa shape index (κ3) is 7.37. The summed E-state index contributed by atoms with van der Waals surface area (Å²) in [5, 5.41) is 0. The van der Waals surface area contributed by atoms with Crippen molar-refractivity contribution in [2.24, 2.45) is 0 Å². The van der Waals surface area contributed by atoms with Crippen LogP contribution in [0.5, 0.6) is 11.5 Å². The number of hydrogen-bond donors (Lipinski definition) is 0. The van der Waals surface area contributed by atoms with E-state index in [0.717, 1.165) is 24.8 Å². The van der Waals surface area contributed by atoms with Gasteiger partial charge in [0.15, 0.2) is 11.5 Å². The van der Waals surface area contributed by atoms with Crippen molar-refractivity contribution in [1.82, 2.24) is 9.80 Å². The summed E-state index contributed by atoms with van der Waals surface area (Å²) < 4.78 is 21.9. The van der Waals surface area contributed by atoms with Crippen LogP contribution in [0.25, 0.3) is 0 Å². The van der Waals surface area contributed by atoms with Crippen molar-refractivity contribution in [2.75, 3.05) is 40.5 Å². The van der Waals surface area contributed by atoms with Crippen LogP contribution in [0.2, 0.25) is 0 Å². The fourth-order valence-corrected chi connectivity index (χ4v) is 4.44. The first-order valence-electron chi connectivity index (χ1n) is 12.5. The Morgan fingerprint density at radius 2 is 1.83 bits per heavy atom. The molecule has 2 aromatic rings. The van der Waals surface area contributed by atoms with Gasteiger partial charge in [0, 0.05) is 44.8 Å². The molecule has 2 amide bonds. The molecule has 36 heavy (non-hydrogen) atoms. The molecule has 0 N–H and O–H groups in total. The number of hydrogen-bond acceptors (Lipinski definition) is 6. The molecule has 0 aliphatic carbocycles. The van der Waals surface area contributed by atoms with Gasteiger partial charge in [-0.1, -0.05) is 30.3 Å². The molecular weight excluding hydrogens is 460 g/mol. The first-order valence-corrected chi connectivity index (χ1v) is 12.5. The number of ether oxygens (including phenoxy) is 4. The van der Waals surface area contributed by atoms with Crippen LogP contribution in [-0.4, -0.2) is 74.4 Å². The molecule has 0 bridgehead atoms. The number of likely N-dealkylation sites (tertiary alicyclic amines) is 1. The lowest BCUT2D eigenvalue weighted by atomic mass is 10.0. The maximum Gasteiger partial charge on any atom is 0.410 e. The molecule has 2 aromatic carbocycles. The smallest absolute Gasteiger partial charge is 0.410 e. The number of nitrogens with zero attached hydrogens (tertiary/aromatic N) is 2. The Morgan fingerprint density at radius 1 is 1.06 bits per heavy atom. The summed E-state index contributed by atoms with van der Waals surface area (Å²) >= 11 is 0. The minimum absolute atomic E-state index is 0.0454. The SMILES string of the molecule is COCCCOc1cc(C(=O)N(C(C)C)[C@H]2CCCN(C(=O)OCc3ccccc3)C2)ccc1OC. The lowest BCUT2D eigenvalue weighted by Crippen LogP contribution is -2.54. The van der Waals surface area contributed by atoms with Crippen LogP contribution in [0.1, 0.15) is 49.0 Å². The van der Waals surface area contributed by atoms with Crippen LogP contribution in [0, 0.1) is 0 Å². The Bertz CT molecular complexity index is 981. The van der Waals surface area contributed by atoms with Crippen molar-refractivity contribution in [3.8, 4) is 11.5 Å². The van der Waals surface area contributed by atoms with E-state index in [1.165, 1.54) is 0 Å². The van der Waals surface area contributed by atoms with E-state index in [1.54, 1.807) is 37.3 Å². The molecule has 0 saturated carbocycles. The van der Waals surface area contributed by atoms with E-state index in [-0.39, 0.29) is 30.7 Å². The van der Waals surface area contributed by atoms with Crippen LogP contribution in [0.4, 0.5) is 4.79 Å². The Hall–Kier alpha value is -3.26. The molecule has 1 heterocycles. The second kappa shape index (κ2) is 13.7. The van der Waals surface area contributed by atoms with Crippen LogP contribution in [-0.2, 0) is 16.1 Å². The summed E-state index contributed by atoms with van der Waals surface area (Å²) in [4.78, 5) is 30.0. The molecule has 1 fully saturated rings. The summed E-state index contributed by atoms with van der Waals surface area (Å²) in [6.07, 6.45) is 2.01. The minimum Gasteiger partial charge on any atom is -0.493 e. The van der Waals surface area contributed by atoms with Crippen molar-refractivity contribution in [1.29, 1.82) is 0 Å². The summed E-state index contributed by atoms with van der Waals surface area (Å²) in [7, 11) is 3.22. The molecule has 196 valence electrons. The Kier molecular flexibility index (Phi) is 10.4. The normalized spacial score (nSPS) is 15.5. The van der Waals surface area contributed by atoms with E-state index in [0.29, 0.717) is 43.4 Å². The maximum atomic E-state index is 13.7. The summed E-state index contributed by atoms with van der Waals surface area (Å²) in [5.74, 6) is 1.00. The van der Waals surface area contributed by atoms with Crippen molar-refractivity contribution < 1.29 is 28.5 Å². The molecule has 1 saturated heterocycles. The molecular formula is C28H38N2O6. The lowest BCUT2D eigenvalue weighted by molar-refractivity contribution is 0.0384. The second-order valence-electron chi connectivity index (χ2n) is 9.15. The summed E-state index contributed by atoms with van der Waals surface area (Å²) in [6, 6.07) is 14.7. The molecule has 8 nitrogen and oxygen atoms in total. The first-order chi connectivity index (χ1) is 17.4. The molecule has 3 rings (SSSR count). The van der Waals surface area contributed by atoms with Gasteiger partial charge in [0.2, 0.25) is 0 Å². The quantitative estimate of drug-likeness (QED) is 0.416. The molecule has 0 aromatic heterocycles. The van der Waals surface area contributed by atoms with Gasteiger partial charge in [0.05, 0.1) is 19.8 Å². The van der Waals surface area contributed by atoms with Gasteiger partial charge < -0.3 is 28.7 Å². The lowest BCUT2D eigenvalue weighted by Gasteiger charge is -2.41. The highest BCUT2D eigenvalue weighted by atomic mass is 16.6. The van der Waals surface area contributed by atoms with Crippen LogP contribution in [0.15, 0.2) is 48.5 Å². The first kappa shape index (κ1) is 27.3. The zero-order chi connectivity index (χ0) is 25.9. The van der Waals surface area contributed by atoms with Gasteiger partial charge in [-0.25, -0.2) is 4.79 Å². The van der Waals surface area contributed by atoms with Crippen LogP contribution >= 0.6 is 0 Å². The highest BCUT2D eigenvalue weighted by Gasteiger charge is 2.33. The van der Waals surface area contributed by atoms with Crippen molar-refractivity contribution >= 4 is 12.0 Å². The maximum absolute atomic E-state index is 13.7. The van der Waals surface area contributed by atoms with Gasteiger partial charge in [0.1, 0.15) is 6.61 Å². The highest BCUT2D eigenvalue weighted by Crippen LogP contribution is 2.30. The van der Waals surface area contributed by atoms with Gasteiger partial charge in [0.25, 0.3) is 5.91 Å². The molecule has 0 unspecified atom stereocenters. The van der Waals surface area contributed by atoms with Crippen molar-refractivity contribution in [2.45, 2.75) is 51.8 Å². The van der Waals surface area contributed by atoms with Gasteiger partial charge in [-0.05, 0) is 50.5 Å². The Labute approximate surface area is 214 Å². The summed E-state index contributed by atoms with van der Waals surface area (Å²) in [6.45, 7) is 6.33. The molecule has 1 atom stereocenters. The largest absolute Gasteiger partial charge is 0.493 e. The standard InChI is InChI=1S/C28H38N2O6/c1-21(2)30(27(31)23-13-14-25(34-4)26(18-23)35-17-9-16-33-3)24-12-8-15-29(19-24)28(32)36-20-22-10-6-5-7-11-22/h5-7,10-11,13-14,18,21,24H,8-9,12,15-17,19-20H2,1-4H3/t24-/m0/s1. The van der Waals surface area contributed by atoms with Gasteiger partial charge in [-0.15, -0.1) is 0 Å². The fraction of sp³-hybridized carbons (Fsp3) is 0.500. The molecule has 8 heteroatoms. The number of amides is 2. The average Bonchev–Trinajstić information content (AvgIpc) is 2.90. The zero-order valence-electron chi connectivity index (χ0n) is 21.8. The number of carbonyl (C=O) groups is 2. The number of carbonyl (C=O) groups excluding carboxylic acids is 2. The summed E-state index contributed by atoms with van der Waals surface area (Å²) in [5.41, 5.74) is 1.47.